The number of rotatable bonds is 5. The molecule has 0 saturated heterocycles. The van der Waals surface area contributed by atoms with E-state index in [2.05, 4.69) is 22.1 Å². The summed E-state index contributed by atoms with van der Waals surface area (Å²) in [7, 11) is 0. The lowest BCUT2D eigenvalue weighted by molar-refractivity contribution is 0.569. The Kier molecular flexibility index (Phi) is 4.82. The molecule has 3 aromatic rings. The van der Waals surface area contributed by atoms with Crippen LogP contribution in [0.25, 0.3) is 10.2 Å². The molecule has 6 nitrogen and oxygen atoms in total. The van der Waals surface area contributed by atoms with E-state index in [1.165, 1.54) is 16.0 Å². The molecule has 0 aromatic carbocycles. The van der Waals surface area contributed by atoms with E-state index in [1.807, 2.05) is 12.3 Å². The number of halogens is 1. The van der Waals surface area contributed by atoms with E-state index in [-0.39, 0.29) is 5.56 Å². The van der Waals surface area contributed by atoms with Gasteiger partial charge < -0.3 is 0 Å². The van der Waals surface area contributed by atoms with Gasteiger partial charge in [-0.25, -0.2) is 4.98 Å². The Bertz CT molecular complexity index is 969. The third kappa shape index (κ3) is 3.01. The molecule has 0 saturated carbocycles. The summed E-state index contributed by atoms with van der Waals surface area (Å²) in [4.78, 5) is 17.7. The first-order chi connectivity index (χ1) is 11.5. The number of thiophene rings is 1. The second-order valence-corrected chi connectivity index (χ2v) is 6.78. The average molecular weight is 364 g/mol. The summed E-state index contributed by atoms with van der Waals surface area (Å²) >= 11 is 7.84. The van der Waals surface area contributed by atoms with Crippen LogP contribution in [-0.4, -0.2) is 25.7 Å². The Balaban J connectivity index is 2.00. The fraction of sp³-hybridized carbons (Fsp3) is 0.375. The highest BCUT2D eigenvalue weighted by atomic mass is 35.5. The molecule has 0 radical (unpaired) electrons. The lowest BCUT2D eigenvalue weighted by Crippen LogP contribution is -2.19. The topological polar surface area (TPSA) is 65.1 Å². The molecule has 8 heteroatoms. The summed E-state index contributed by atoms with van der Waals surface area (Å²) in [5, 5.41) is 11.7. The SMILES string of the molecule is CCCCn1nc(C)c(/C=N\n2c(C)nc3sccc3c2=O)c1Cl. The summed E-state index contributed by atoms with van der Waals surface area (Å²) in [6.45, 7) is 6.53. The predicted octanol–water partition coefficient (Wildman–Crippen LogP) is 3.61. The van der Waals surface area contributed by atoms with Gasteiger partial charge in [0.2, 0.25) is 0 Å². The minimum atomic E-state index is -0.179. The summed E-state index contributed by atoms with van der Waals surface area (Å²) in [6.07, 6.45) is 3.66. The zero-order valence-electron chi connectivity index (χ0n) is 13.8. The third-order valence-electron chi connectivity index (χ3n) is 3.77. The highest BCUT2D eigenvalue weighted by Gasteiger charge is 2.12. The van der Waals surface area contributed by atoms with Crippen LogP contribution in [0.2, 0.25) is 5.15 Å². The van der Waals surface area contributed by atoms with Gasteiger partial charge in [-0.05, 0) is 31.7 Å². The predicted molar refractivity (Wildman–Crippen MR) is 98.5 cm³/mol. The van der Waals surface area contributed by atoms with Crippen molar-refractivity contribution >= 4 is 39.4 Å². The molecule has 0 unspecified atom stereocenters. The van der Waals surface area contributed by atoms with Gasteiger partial charge in [0, 0.05) is 6.54 Å². The van der Waals surface area contributed by atoms with E-state index in [0.29, 0.717) is 16.4 Å². The Morgan fingerprint density at radius 3 is 2.96 bits per heavy atom. The minimum absolute atomic E-state index is 0.179. The van der Waals surface area contributed by atoms with E-state index in [1.54, 1.807) is 23.9 Å². The van der Waals surface area contributed by atoms with Gasteiger partial charge in [-0.1, -0.05) is 24.9 Å². The van der Waals surface area contributed by atoms with Gasteiger partial charge in [-0.3, -0.25) is 9.48 Å². The highest BCUT2D eigenvalue weighted by molar-refractivity contribution is 7.16. The number of nitrogens with zero attached hydrogens (tertiary/aromatic N) is 5. The van der Waals surface area contributed by atoms with Crippen molar-refractivity contribution in [3.05, 3.63) is 44.0 Å². The van der Waals surface area contributed by atoms with Crippen molar-refractivity contribution in [3.8, 4) is 0 Å². The van der Waals surface area contributed by atoms with Crippen molar-refractivity contribution in [1.82, 2.24) is 19.4 Å². The highest BCUT2D eigenvalue weighted by Crippen LogP contribution is 2.19. The lowest BCUT2D eigenvalue weighted by Gasteiger charge is -2.03. The first-order valence-corrected chi connectivity index (χ1v) is 9.02. The van der Waals surface area contributed by atoms with Crippen LogP contribution in [0.15, 0.2) is 21.3 Å². The Labute approximate surface area is 148 Å². The molecular weight excluding hydrogens is 346 g/mol. The molecule has 0 aliphatic heterocycles. The van der Waals surface area contributed by atoms with Crippen LogP contribution in [0, 0.1) is 13.8 Å². The Morgan fingerprint density at radius 1 is 1.42 bits per heavy atom. The van der Waals surface area contributed by atoms with Crippen LogP contribution in [0.3, 0.4) is 0 Å². The van der Waals surface area contributed by atoms with Gasteiger partial charge in [0.05, 0.1) is 22.9 Å². The Hall–Kier alpha value is -1.99. The number of aryl methyl sites for hydroxylation is 3. The standard InChI is InChI=1S/C16H18ClN5OS/c1-4-5-7-21-14(17)13(10(2)20-21)9-18-22-11(3)19-15-12(16(22)23)6-8-24-15/h6,8-9H,4-5,7H2,1-3H3/b18-9-. The maximum absolute atomic E-state index is 12.5. The minimum Gasteiger partial charge on any atom is -0.267 e. The number of hydrogen-bond acceptors (Lipinski definition) is 5. The molecule has 0 N–H and O–H groups in total. The van der Waals surface area contributed by atoms with Gasteiger partial charge in [0.25, 0.3) is 5.56 Å². The molecule has 0 amide bonds. The van der Waals surface area contributed by atoms with Crippen molar-refractivity contribution in [2.45, 2.75) is 40.2 Å². The van der Waals surface area contributed by atoms with Crippen LogP contribution in [0.4, 0.5) is 0 Å². The molecule has 0 aliphatic rings. The van der Waals surface area contributed by atoms with Crippen LogP contribution < -0.4 is 5.56 Å². The van der Waals surface area contributed by atoms with Crippen molar-refractivity contribution in [2.75, 3.05) is 0 Å². The smallest absolute Gasteiger partial charge is 0.267 e. The summed E-state index contributed by atoms with van der Waals surface area (Å²) in [6, 6.07) is 1.77. The molecule has 0 atom stereocenters. The second-order valence-electron chi connectivity index (χ2n) is 5.53. The lowest BCUT2D eigenvalue weighted by atomic mass is 10.3. The summed E-state index contributed by atoms with van der Waals surface area (Å²) in [5.41, 5.74) is 1.33. The van der Waals surface area contributed by atoms with Gasteiger partial charge in [-0.2, -0.15) is 14.9 Å². The molecule has 0 spiro atoms. The molecule has 0 fully saturated rings. The van der Waals surface area contributed by atoms with Gasteiger partial charge >= 0.3 is 0 Å². The molecule has 24 heavy (non-hydrogen) atoms. The maximum atomic E-state index is 12.5. The van der Waals surface area contributed by atoms with E-state index in [9.17, 15) is 4.79 Å². The van der Waals surface area contributed by atoms with Gasteiger partial charge in [0.1, 0.15) is 15.8 Å². The van der Waals surface area contributed by atoms with Crippen molar-refractivity contribution in [1.29, 1.82) is 0 Å². The van der Waals surface area contributed by atoms with Gasteiger partial charge in [-0.15, -0.1) is 11.3 Å². The summed E-state index contributed by atoms with van der Waals surface area (Å²) < 4.78 is 3.08. The molecule has 0 bridgehead atoms. The Morgan fingerprint density at radius 2 is 2.21 bits per heavy atom. The van der Waals surface area contributed by atoms with Crippen LogP contribution in [-0.2, 0) is 6.54 Å². The summed E-state index contributed by atoms with van der Waals surface area (Å²) in [5.74, 6) is 0.540. The number of fused-ring (bicyclic) bond motifs is 1. The number of unbranched alkanes of at least 4 members (excludes halogenated alkanes) is 1. The molecule has 3 aromatic heterocycles. The molecule has 0 aliphatic carbocycles. The zero-order chi connectivity index (χ0) is 17.3. The van der Waals surface area contributed by atoms with E-state index in [0.717, 1.165) is 35.5 Å². The normalized spacial score (nSPS) is 11.8. The molecule has 3 heterocycles. The van der Waals surface area contributed by atoms with E-state index in [4.69, 9.17) is 11.6 Å². The average Bonchev–Trinajstić information content (AvgIpc) is 3.11. The molecule has 3 rings (SSSR count). The number of aromatic nitrogens is 4. The zero-order valence-corrected chi connectivity index (χ0v) is 15.4. The van der Waals surface area contributed by atoms with Gasteiger partial charge in [0.15, 0.2) is 0 Å². The first-order valence-electron chi connectivity index (χ1n) is 7.77. The van der Waals surface area contributed by atoms with Crippen molar-refractivity contribution < 1.29 is 0 Å². The second kappa shape index (κ2) is 6.86. The molecule has 126 valence electrons. The van der Waals surface area contributed by atoms with Crippen LogP contribution in [0.1, 0.15) is 36.8 Å². The monoisotopic (exact) mass is 363 g/mol. The molecular formula is C16H18ClN5OS. The fourth-order valence-electron chi connectivity index (χ4n) is 2.43. The maximum Gasteiger partial charge on any atom is 0.282 e. The fourth-order valence-corrected chi connectivity index (χ4v) is 3.54. The first kappa shape index (κ1) is 16.9. The van der Waals surface area contributed by atoms with E-state index >= 15 is 0 Å². The van der Waals surface area contributed by atoms with Crippen molar-refractivity contribution in [3.63, 3.8) is 0 Å². The van der Waals surface area contributed by atoms with E-state index < -0.39 is 0 Å². The quantitative estimate of drug-likeness (QED) is 0.650. The number of hydrogen-bond donors (Lipinski definition) is 0. The van der Waals surface area contributed by atoms with Crippen molar-refractivity contribution in [2.24, 2.45) is 5.10 Å². The third-order valence-corrected chi connectivity index (χ3v) is 4.98. The van der Waals surface area contributed by atoms with Crippen LogP contribution in [0.5, 0.6) is 0 Å². The van der Waals surface area contributed by atoms with Crippen LogP contribution >= 0.6 is 22.9 Å². The largest absolute Gasteiger partial charge is 0.282 e.